The fourth-order valence-corrected chi connectivity index (χ4v) is 4.42. The van der Waals surface area contributed by atoms with Crippen LogP contribution in [-0.4, -0.2) is 34.6 Å². The Bertz CT molecular complexity index is 910. The van der Waals surface area contributed by atoms with Crippen LogP contribution in [0.5, 0.6) is 0 Å². The lowest BCUT2D eigenvalue weighted by Crippen LogP contribution is -2.38. The van der Waals surface area contributed by atoms with E-state index < -0.39 is 16.0 Å². The van der Waals surface area contributed by atoms with Crippen LogP contribution in [0.3, 0.4) is 0 Å². The SMILES string of the molecule is CCc1oc(C(=O)OC)cc1S(=O)(=O)NCC1NCCc2ccccc21.Cl. The van der Waals surface area contributed by atoms with Gasteiger partial charge in [0.15, 0.2) is 0 Å². The zero-order chi connectivity index (χ0) is 18.7. The largest absolute Gasteiger partial charge is 0.463 e. The molecule has 0 amide bonds. The van der Waals surface area contributed by atoms with Gasteiger partial charge in [-0.05, 0) is 24.1 Å². The van der Waals surface area contributed by atoms with Crippen LogP contribution in [0.4, 0.5) is 0 Å². The summed E-state index contributed by atoms with van der Waals surface area (Å²) < 4.78 is 38.0. The smallest absolute Gasteiger partial charge is 0.373 e. The number of fused-ring (bicyclic) bond motifs is 1. The minimum atomic E-state index is -3.82. The molecule has 2 heterocycles. The lowest BCUT2D eigenvalue weighted by molar-refractivity contribution is 0.0563. The van der Waals surface area contributed by atoms with Crippen LogP contribution in [0, 0.1) is 0 Å². The molecule has 0 spiro atoms. The fraction of sp³-hybridized carbons (Fsp3) is 0.389. The standard InChI is InChI=1S/C18H22N2O5S.ClH/c1-3-15-17(10-16(25-15)18(21)24-2)26(22,23)20-11-14-13-7-5-4-6-12(13)8-9-19-14;/h4-7,10,14,19-20H,3,8-9,11H2,1-2H3;1H. The van der Waals surface area contributed by atoms with Gasteiger partial charge >= 0.3 is 5.97 Å². The molecule has 0 bridgehead atoms. The van der Waals surface area contributed by atoms with E-state index in [0.29, 0.717) is 6.42 Å². The van der Waals surface area contributed by atoms with Crippen molar-refractivity contribution in [3.8, 4) is 0 Å². The second-order valence-electron chi connectivity index (χ2n) is 6.05. The van der Waals surface area contributed by atoms with Crippen LogP contribution in [0.15, 0.2) is 39.6 Å². The highest BCUT2D eigenvalue weighted by atomic mass is 35.5. The van der Waals surface area contributed by atoms with E-state index in [1.807, 2.05) is 18.2 Å². The van der Waals surface area contributed by atoms with Crippen molar-refractivity contribution in [3.05, 3.63) is 53.0 Å². The molecule has 148 valence electrons. The summed E-state index contributed by atoms with van der Waals surface area (Å²) in [6.45, 7) is 2.76. The van der Waals surface area contributed by atoms with E-state index in [1.54, 1.807) is 6.92 Å². The number of ether oxygens (including phenoxy) is 1. The van der Waals surface area contributed by atoms with Crippen LogP contribution in [0.2, 0.25) is 0 Å². The summed E-state index contributed by atoms with van der Waals surface area (Å²) in [5.41, 5.74) is 2.32. The Morgan fingerprint density at radius 3 is 2.81 bits per heavy atom. The first-order chi connectivity index (χ1) is 12.5. The van der Waals surface area contributed by atoms with Gasteiger partial charge in [0, 0.05) is 25.1 Å². The van der Waals surface area contributed by atoms with E-state index in [1.165, 1.54) is 18.7 Å². The maximum Gasteiger partial charge on any atom is 0.373 e. The zero-order valence-corrected chi connectivity index (χ0v) is 16.8. The molecule has 1 aromatic carbocycles. The van der Waals surface area contributed by atoms with Crippen LogP contribution >= 0.6 is 12.4 Å². The van der Waals surface area contributed by atoms with Crippen molar-refractivity contribution >= 4 is 28.4 Å². The molecule has 0 fully saturated rings. The molecule has 9 heteroatoms. The van der Waals surface area contributed by atoms with E-state index in [2.05, 4.69) is 20.8 Å². The number of carbonyl (C=O) groups is 1. The number of furan rings is 1. The quantitative estimate of drug-likeness (QED) is 0.703. The van der Waals surface area contributed by atoms with E-state index in [-0.39, 0.29) is 41.4 Å². The second-order valence-corrected chi connectivity index (χ2v) is 7.79. The summed E-state index contributed by atoms with van der Waals surface area (Å²) >= 11 is 0. The van der Waals surface area contributed by atoms with Gasteiger partial charge in [0.1, 0.15) is 10.7 Å². The molecule has 3 rings (SSSR count). The lowest BCUT2D eigenvalue weighted by Gasteiger charge is -2.27. The topological polar surface area (TPSA) is 97.6 Å². The maximum absolute atomic E-state index is 12.7. The van der Waals surface area contributed by atoms with Gasteiger partial charge in [0.2, 0.25) is 15.8 Å². The molecule has 0 radical (unpaired) electrons. The number of methoxy groups -OCH3 is 1. The van der Waals surface area contributed by atoms with Crippen LogP contribution in [0.25, 0.3) is 0 Å². The maximum atomic E-state index is 12.7. The molecule has 1 aliphatic rings. The Hall–Kier alpha value is -1.87. The first-order valence-electron chi connectivity index (χ1n) is 8.48. The molecule has 1 unspecified atom stereocenters. The number of rotatable bonds is 6. The van der Waals surface area contributed by atoms with Gasteiger partial charge in [-0.3, -0.25) is 0 Å². The number of benzene rings is 1. The van der Waals surface area contributed by atoms with Crippen LogP contribution < -0.4 is 10.0 Å². The van der Waals surface area contributed by atoms with E-state index >= 15 is 0 Å². The normalized spacial score (nSPS) is 16.3. The first kappa shape index (κ1) is 21.4. The van der Waals surface area contributed by atoms with E-state index in [9.17, 15) is 13.2 Å². The first-order valence-corrected chi connectivity index (χ1v) is 9.96. The number of halogens is 1. The number of nitrogens with one attached hydrogen (secondary N) is 2. The Morgan fingerprint density at radius 1 is 1.37 bits per heavy atom. The average Bonchev–Trinajstić information content (AvgIpc) is 3.11. The van der Waals surface area contributed by atoms with Crippen molar-refractivity contribution in [1.82, 2.24) is 10.0 Å². The number of hydrogen-bond acceptors (Lipinski definition) is 6. The van der Waals surface area contributed by atoms with Crippen molar-refractivity contribution in [2.75, 3.05) is 20.2 Å². The Morgan fingerprint density at radius 2 is 2.11 bits per heavy atom. The van der Waals surface area contributed by atoms with E-state index in [4.69, 9.17) is 4.42 Å². The predicted octanol–water partition coefficient (Wildman–Crippen LogP) is 2.22. The molecule has 2 N–H and O–H groups in total. The van der Waals surface area contributed by atoms with Crippen LogP contribution in [0.1, 0.15) is 40.4 Å². The molecule has 0 aliphatic carbocycles. The Balaban J connectivity index is 0.00000261. The highest BCUT2D eigenvalue weighted by Gasteiger charge is 2.27. The van der Waals surface area contributed by atoms with Gasteiger partial charge in [-0.2, -0.15) is 0 Å². The summed E-state index contributed by atoms with van der Waals surface area (Å²) in [4.78, 5) is 11.6. The molecule has 0 saturated carbocycles. The second kappa shape index (κ2) is 8.88. The molecule has 1 aliphatic heterocycles. The van der Waals surface area contributed by atoms with Gasteiger partial charge in [0.25, 0.3) is 0 Å². The third-order valence-electron chi connectivity index (χ3n) is 4.46. The number of aryl methyl sites for hydroxylation is 1. The minimum Gasteiger partial charge on any atom is -0.463 e. The summed E-state index contributed by atoms with van der Waals surface area (Å²) in [6, 6.07) is 9.11. The molecular weight excluding hydrogens is 392 g/mol. The van der Waals surface area contributed by atoms with Crippen molar-refractivity contribution in [3.63, 3.8) is 0 Å². The molecule has 2 aromatic rings. The van der Waals surface area contributed by atoms with Gasteiger partial charge in [0.05, 0.1) is 7.11 Å². The zero-order valence-electron chi connectivity index (χ0n) is 15.2. The van der Waals surface area contributed by atoms with Crippen molar-refractivity contribution in [1.29, 1.82) is 0 Å². The van der Waals surface area contributed by atoms with Gasteiger partial charge in [-0.15, -0.1) is 12.4 Å². The average molecular weight is 415 g/mol. The Kier molecular flexibility index (Phi) is 7.05. The minimum absolute atomic E-state index is 0. The van der Waals surface area contributed by atoms with Gasteiger partial charge < -0.3 is 14.5 Å². The number of esters is 1. The summed E-state index contributed by atoms with van der Waals surface area (Å²) in [5.74, 6) is -0.593. The van der Waals surface area contributed by atoms with Crippen molar-refractivity contribution < 1.29 is 22.4 Å². The third kappa shape index (κ3) is 4.52. The summed E-state index contributed by atoms with van der Waals surface area (Å²) in [5, 5.41) is 3.34. The summed E-state index contributed by atoms with van der Waals surface area (Å²) in [6.07, 6.45) is 1.27. The number of carbonyl (C=O) groups excluding carboxylic acids is 1. The van der Waals surface area contributed by atoms with Gasteiger partial charge in [-0.25, -0.2) is 17.9 Å². The molecule has 27 heavy (non-hydrogen) atoms. The molecular formula is C18H23ClN2O5S. The highest BCUT2D eigenvalue weighted by molar-refractivity contribution is 7.89. The van der Waals surface area contributed by atoms with E-state index in [0.717, 1.165) is 18.5 Å². The number of hydrogen-bond donors (Lipinski definition) is 2. The van der Waals surface area contributed by atoms with Crippen LogP contribution in [-0.2, 0) is 27.6 Å². The predicted molar refractivity (Wildman–Crippen MR) is 103 cm³/mol. The lowest BCUT2D eigenvalue weighted by atomic mass is 9.95. The molecule has 1 atom stereocenters. The monoisotopic (exact) mass is 414 g/mol. The summed E-state index contributed by atoms with van der Waals surface area (Å²) in [7, 11) is -2.60. The van der Waals surface area contributed by atoms with Crippen molar-refractivity contribution in [2.45, 2.75) is 30.7 Å². The van der Waals surface area contributed by atoms with Gasteiger partial charge in [-0.1, -0.05) is 31.2 Å². The highest BCUT2D eigenvalue weighted by Crippen LogP contribution is 2.25. The number of sulfonamides is 1. The Labute approximate surface area is 164 Å². The molecule has 7 nitrogen and oxygen atoms in total. The fourth-order valence-electron chi connectivity index (χ4n) is 3.13. The molecule has 1 aromatic heterocycles. The molecule has 0 saturated heterocycles. The van der Waals surface area contributed by atoms with Crippen molar-refractivity contribution in [2.24, 2.45) is 0 Å². The third-order valence-corrected chi connectivity index (χ3v) is 5.93.